The van der Waals surface area contributed by atoms with Gasteiger partial charge in [-0.3, -0.25) is 10.2 Å². The number of ether oxygens (including phenoxy) is 2. The summed E-state index contributed by atoms with van der Waals surface area (Å²) in [5.74, 6) is -5.58. The van der Waals surface area contributed by atoms with Gasteiger partial charge in [0.1, 0.15) is 11.6 Å². The van der Waals surface area contributed by atoms with E-state index in [0.29, 0.717) is 11.0 Å². The molecule has 28 heavy (non-hydrogen) atoms. The first-order valence-electron chi connectivity index (χ1n) is 7.62. The van der Waals surface area contributed by atoms with E-state index in [1.54, 1.807) is 0 Å². The topological polar surface area (TPSA) is 67.9 Å². The van der Waals surface area contributed by atoms with Crippen LogP contribution in [-0.2, 0) is 15.3 Å². The summed E-state index contributed by atoms with van der Waals surface area (Å²) in [5, 5.41) is 1.98. The van der Waals surface area contributed by atoms with Crippen LogP contribution in [0.4, 0.5) is 42.9 Å². The number of hydrogen-bond donors (Lipinski definition) is 1. The zero-order chi connectivity index (χ0) is 20.7. The molecular formula is C17H11F5N2O4. The van der Waals surface area contributed by atoms with Crippen LogP contribution in [0, 0.1) is 11.6 Å². The second kappa shape index (κ2) is 6.66. The Bertz CT molecular complexity index is 932. The number of fused-ring (bicyclic) bond motifs is 1. The van der Waals surface area contributed by atoms with Crippen LogP contribution in [0.15, 0.2) is 42.5 Å². The number of nitrogens with zero attached hydrogens (tertiary/aromatic N) is 1. The maximum Gasteiger partial charge on any atom is 0.473 e. The first-order chi connectivity index (χ1) is 13.0. The van der Waals surface area contributed by atoms with Gasteiger partial charge in [-0.25, -0.2) is 18.4 Å². The Morgan fingerprint density at radius 2 is 1.71 bits per heavy atom. The highest BCUT2D eigenvalue weighted by atomic mass is 19.4. The second-order valence-corrected chi connectivity index (χ2v) is 5.72. The van der Waals surface area contributed by atoms with Gasteiger partial charge in [0.05, 0.1) is 11.3 Å². The van der Waals surface area contributed by atoms with Crippen LogP contribution in [-0.4, -0.2) is 25.4 Å². The fourth-order valence-corrected chi connectivity index (χ4v) is 2.52. The summed E-state index contributed by atoms with van der Waals surface area (Å²) >= 11 is 0. The van der Waals surface area contributed by atoms with Gasteiger partial charge in [0.2, 0.25) is 0 Å². The van der Waals surface area contributed by atoms with Crippen molar-refractivity contribution in [3.05, 3.63) is 59.7 Å². The number of nitrogens with one attached hydrogen (secondary N) is 1. The van der Waals surface area contributed by atoms with E-state index >= 15 is 0 Å². The smallest absolute Gasteiger partial charge is 0.393 e. The molecular weight excluding hydrogens is 391 g/mol. The van der Waals surface area contributed by atoms with Crippen LogP contribution in [0.2, 0.25) is 0 Å². The van der Waals surface area contributed by atoms with Crippen LogP contribution in [0.5, 0.6) is 0 Å². The minimum Gasteiger partial charge on any atom is -0.393 e. The van der Waals surface area contributed by atoms with E-state index in [2.05, 4.69) is 9.47 Å². The number of carbonyl (C=O) groups is 2. The summed E-state index contributed by atoms with van der Waals surface area (Å²) in [6, 6.07) is 6.34. The Morgan fingerprint density at radius 1 is 1.11 bits per heavy atom. The molecule has 1 aliphatic rings. The van der Waals surface area contributed by atoms with Crippen molar-refractivity contribution >= 4 is 23.6 Å². The lowest BCUT2D eigenvalue weighted by Gasteiger charge is -2.38. The van der Waals surface area contributed by atoms with Crippen LogP contribution >= 0.6 is 0 Å². The molecule has 1 N–H and O–H groups in total. The first kappa shape index (κ1) is 19.4. The zero-order valence-corrected chi connectivity index (χ0v) is 14.0. The predicted octanol–water partition coefficient (Wildman–Crippen LogP) is 4.52. The fourth-order valence-electron chi connectivity index (χ4n) is 2.52. The molecule has 0 saturated heterocycles. The van der Waals surface area contributed by atoms with Crippen molar-refractivity contribution < 1.29 is 41.0 Å². The third-order valence-corrected chi connectivity index (χ3v) is 3.90. The van der Waals surface area contributed by atoms with Gasteiger partial charge < -0.3 is 9.47 Å². The Kier molecular flexibility index (Phi) is 4.61. The van der Waals surface area contributed by atoms with Gasteiger partial charge >= 0.3 is 24.1 Å². The third-order valence-electron chi connectivity index (χ3n) is 3.90. The van der Waals surface area contributed by atoms with Crippen molar-refractivity contribution in [3.63, 3.8) is 0 Å². The molecule has 0 saturated carbocycles. The largest absolute Gasteiger partial charge is 0.473 e. The number of rotatable bonds is 2. The van der Waals surface area contributed by atoms with Crippen LogP contribution in [0.25, 0.3) is 0 Å². The predicted molar refractivity (Wildman–Crippen MR) is 85.5 cm³/mol. The maximum absolute atomic E-state index is 13.9. The van der Waals surface area contributed by atoms with Gasteiger partial charge in [0, 0.05) is 12.7 Å². The first-order valence-corrected chi connectivity index (χ1v) is 7.62. The standard InChI is InChI=1S/C17H11F5N2O4/c1-24(11-5-2-9(18)3-6-11)15(26)28-16(17(20,21)22)12-8-10(19)4-7-13(12)23-14(25)27-16/h2-8H,1H3,(H,23,25). The SMILES string of the molecule is CN(C(=O)OC1(C(F)(F)F)OC(=O)Nc2ccc(F)cc21)c1ccc(F)cc1. The molecule has 0 radical (unpaired) electrons. The highest BCUT2D eigenvalue weighted by Gasteiger charge is 2.66. The third kappa shape index (κ3) is 3.30. The van der Waals surface area contributed by atoms with Crippen molar-refractivity contribution in [2.24, 2.45) is 0 Å². The van der Waals surface area contributed by atoms with Crippen molar-refractivity contribution in [3.8, 4) is 0 Å². The summed E-state index contributed by atoms with van der Waals surface area (Å²) in [4.78, 5) is 24.7. The molecule has 2 aromatic rings. The van der Waals surface area contributed by atoms with Crippen molar-refractivity contribution in [1.82, 2.24) is 0 Å². The van der Waals surface area contributed by atoms with Gasteiger partial charge in [-0.1, -0.05) is 0 Å². The molecule has 0 aromatic heterocycles. The molecule has 6 nitrogen and oxygen atoms in total. The summed E-state index contributed by atoms with van der Waals surface area (Å²) in [6.07, 6.45) is -8.56. The molecule has 0 fully saturated rings. The number of benzene rings is 2. The zero-order valence-electron chi connectivity index (χ0n) is 14.0. The lowest BCUT2D eigenvalue weighted by atomic mass is 10.0. The number of cyclic esters (lactones) is 1. The summed E-state index contributed by atoms with van der Waals surface area (Å²) < 4.78 is 77.1. The lowest BCUT2D eigenvalue weighted by molar-refractivity contribution is -0.350. The van der Waals surface area contributed by atoms with E-state index in [-0.39, 0.29) is 5.69 Å². The summed E-state index contributed by atoms with van der Waals surface area (Å²) in [7, 11) is 1.06. The van der Waals surface area contributed by atoms with Crippen LogP contribution < -0.4 is 10.2 Å². The molecule has 3 rings (SSSR count). The average Bonchev–Trinajstić information content (AvgIpc) is 2.61. The molecule has 0 bridgehead atoms. The minimum absolute atomic E-state index is 0.00320. The number of anilines is 2. The molecule has 11 heteroatoms. The maximum atomic E-state index is 13.9. The van der Waals surface area contributed by atoms with Gasteiger partial charge in [0.15, 0.2) is 0 Å². The number of carbonyl (C=O) groups excluding carboxylic acids is 2. The molecule has 1 unspecified atom stereocenters. The van der Waals surface area contributed by atoms with Crippen molar-refractivity contribution in [1.29, 1.82) is 0 Å². The molecule has 2 aromatic carbocycles. The molecule has 2 amide bonds. The fraction of sp³-hybridized carbons (Fsp3) is 0.176. The molecule has 0 spiro atoms. The van der Waals surface area contributed by atoms with E-state index < -0.39 is 47.0 Å². The lowest BCUT2D eigenvalue weighted by Crippen LogP contribution is -2.54. The van der Waals surface area contributed by atoms with Crippen molar-refractivity contribution in [2.75, 3.05) is 17.3 Å². The number of hydrogen-bond acceptors (Lipinski definition) is 4. The molecule has 148 valence electrons. The van der Waals surface area contributed by atoms with Gasteiger partial charge in [-0.2, -0.15) is 13.2 Å². The van der Waals surface area contributed by atoms with E-state index in [1.165, 1.54) is 0 Å². The number of alkyl halides is 3. The van der Waals surface area contributed by atoms with Crippen LogP contribution in [0.3, 0.4) is 0 Å². The van der Waals surface area contributed by atoms with Gasteiger partial charge in [-0.15, -0.1) is 0 Å². The highest BCUT2D eigenvalue weighted by Crippen LogP contribution is 2.48. The van der Waals surface area contributed by atoms with E-state index in [1.807, 2.05) is 5.32 Å². The number of halogens is 5. The average molecular weight is 402 g/mol. The summed E-state index contributed by atoms with van der Waals surface area (Å²) in [6.45, 7) is 0. The molecule has 1 atom stereocenters. The monoisotopic (exact) mass is 402 g/mol. The van der Waals surface area contributed by atoms with E-state index in [0.717, 1.165) is 43.4 Å². The van der Waals surface area contributed by atoms with Crippen LogP contribution in [0.1, 0.15) is 5.56 Å². The van der Waals surface area contributed by atoms with E-state index in [9.17, 15) is 31.5 Å². The Labute approximate surface area is 154 Å². The summed E-state index contributed by atoms with van der Waals surface area (Å²) in [5.41, 5.74) is -1.38. The van der Waals surface area contributed by atoms with E-state index in [4.69, 9.17) is 0 Å². The highest BCUT2D eigenvalue weighted by molar-refractivity contribution is 5.91. The molecule has 0 aliphatic carbocycles. The second-order valence-electron chi connectivity index (χ2n) is 5.72. The Morgan fingerprint density at radius 3 is 2.32 bits per heavy atom. The normalized spacial score (nSPS) is 18.6. The minimum atomic E-state index is -5.44. The molecule has 1 aliphatic heterocycles. The van der Waals surface area contributed by atoms with Gasteiger partial charge in [-0.05, 0) is 42.5 Å². The van der Waals surface area contributed by atoms with Gasteiger partial charge in [0.25, 0.3) is 0 Å². The number of amides is 2. The van der Waals surface area contributed by atoms with Crippen molar-refractivity contribution in [2.45, 2.75) is 12.0 Å². The Hall–Kier alpha value is -3.37. The molecule has 1 heterocycles. The Balaban J connectivity index is 2.04. The quantitative estimate of drug-likeness (QED) is 0.751.